The van der Waals surface area contributed by atoms with Crippen molar-refractivity contribution in [3.8, 4) is 0 Å². The van der Waals surface area contributed by atoms with Crippen molar-refractivity contribution in [1.29, 1.82) is 0 Å². The molecule has 0 aliphatic carbocycles. The van der Waals surface area contributed by atoms with Gasteiger partial charge in [-0.1, -0.05) is 177 Å². The first kappa shape index (κ1) is 80.1. The first-order valence-corrected chi connectivity index (χ1v) is 30.9. The number of allylic oxidation sites excluding steroid dienone is 2. The van der Waals surface area contributed by atoms with Crippen molar-refractivity contribution in [2.75, 3.05) is 74.1 Å². The maximum Gasteiger partial charge on any atom is 0.306 e. The lowest BCUT2D eigenvalue weighted by atomic mass is 9.97. The number of nitrogens with zero attached hydrogens (tertiary/aromatic N) is 1. The van der Waals surface area contributed by atoms with Crippen molar-refractivity contribution in [3.63, 3.8) is 0 Å². The third-order valence-corrected chi connectivity index (χ3v) is 13.3. The van der Waals surface area contributed by atoms with Crippen LogP contribution in [0.4, 0.5) is 0 Å². The summed E-state index contributed by atoms with van der Waals surface area (Å²) in [6, 6.07) is 0.482. The maximum absolute atomic E-state index is 12.1. The Hall–Kier alpha value is -3.36. The minimum atomic E-state index is -0.330. The molecule has 1 saturated heterocycles. The van der Waals surface area contributed by atoms with Crippen LogP contribution in [0.15, 0.2) is 11.8 Å². The second-order valence-corrected chi connectivity index (χ2v) is 20.2. The lowest BCUT2D eigenvalue weighted by Crippen LogP contribution is -2.47. The second-order valence-electron chi connectivity index (χ2n) is 20.2. The molecule has 456 valence electrons. The van der Waals surface area contributed by atoms with E-state index in [4.69, 9.17) is 28.4 Å². The molecule has 0 aromatic rings. The van der Waals surface area contributed by atoms with Gasteiger partial charge in [0.05, 0.1) is 45.4 Å². The van der Waals surface area contributed by atoms with E-state index in [0.717, 1.165) is 95.9 Å². The molecule has 0 aromatic heterocycles. The predicted molar refractivity (Wildman–Crippen MR) is 315 cm³/mol. The first-order chi connectivity index (χ1) is 37.5. The summed E-state index contributed by atoms with van der Waals surface area (Å²) < 4.78 is 36.3. The fraction of sp³-hybridized carbons (Fsp3) is 0.873. The van der Waals surface area contributed by atoms with Gasteiger partial charge < -0.3 is 42.7 Å². The van der Waals surface area contributed by atoms with E-state index in [1.165, 1.54) is 109 Å². The van der Waals surface area contributed by atoms with E-state index < -0.39 is 0 Å². The van der Waals surface area contributed by atoms with Crippen LogP contribution in [0.1, 0.15) is 261 Å². The summed E-state index contributed by atoms with van der Waals surface area (Å²) in [5, 5.41) is 0. The largest absolute Gasteiger partial charge is 0.498 e. The Morgan fingerprint density at radius 3 is 1.10 bits per heavy atom. The molecule has 1 rings (SSSR count). The summed E-state index contributed by atoms with van der Waals surface area (Å²) in [6.45, 7) is 22.7. The van der Waals surface area contributed by atoms with E-state index in [1.54, 1.807) is 14.2 Å². The van der Waals surface area contributed by atoms with E-state index in [9.17, 15) is 28.8 Å². The lowest BCUT2D eigenvalue weighted by molar-refractivity contribution is -0.148. The van der Waals surface area contributed by atoms with Crippen molar-refractivity contribution in [1.82, 2.24) is 4.90 Å². The fourth-order valence-corrected chi connectivity index (χ4v) is 8.16. The molecule has 77 heavy (non-hydrogen) atoms. The molecule has 14 heteroatoms. The molecular weight excluding hydrogens is 979 g/mol. The zero-order chi connectivity index (χ0) is 58.3. The highest BCUT2D eigenvalue weighted by atomic mass is 16.5. The summed E-state index contributed by atoms with van der Waals surface area (Å²) in [7, 11) is 5.47. The maximum atomic E-state index is 12.1. The molecule has 0 spiro atoms. The Morgan fingerprint density at radius 1 is 0.494 bits per heavy atom. The van der Waals surface area contributed by atoms with E-state index in [-0.39, 0.29) is 55.4 Å². The molecule has 14 nitrogen and oxygen atoms in total. The molecule has 1 heterocycles. The Morgan fingerprint density at radius 2 is 0.831 bits per heavy atom. The minimum absolute atomic E-state index is 0.0414. The number of esters is 3. The van der Waals surface area contributed by atoms with Gasteiger partial charge in [0.2, 0.25) is 0 Å². The summed E-state index contributed by atoms with van der Waals surface area (Å²) in [5.41, 5.74) is 0. The van der Waals surface area contributed by atoms with Crippen LogP contribution in [0.3, 0.4) is 0 Å². The zero-order valence-electron chi connectivity index (χ0n) is 51.7. The molecule has 0 amide bonds. The molecule has 0 N–H and O–H groups in total. The Labute approximate surface area is 472 Å². The summed E-state index contributed by atoms with van der Waals surface area (Å²) in [5.74, 6) is 0.228. The van der Waals surface area contributed by atoms with Crippen LogP contribution in [0.25, 0.3) is 0 Å². The number of methoxy groups -OCH3 is 2. The van der Waals surface area contributed by atoms with Crippen LogP contribution in [-0.2, 0) is 61.9 Å². The molecule has 1 aliphatic rings. The van der Waals surface area contributed by atoms with Gasteiger partial charge in [-0.3, -0.25) is 24.1 Å². The molecule has 0 bridgehead atoms. The molecule has 2 unspecified atom stereocenters. The number of ether oxygens (including phenoxy) is 7. The van der Waals surface area contributed by atoms with Gasteiger partial charge in [0.1, 0.15) is 19.2 Å². The van der Waals surface area contributed by atoms with Gasteiger partial charge in [-0.25, -0.2) is 0 Å². The number of aldehydes is 2. The topological polar surface area (TPSA) is 170 Å². The lowest BCUT2D eigenvalue weighted by Gasteiger charge is -2.36. The van der Waals surface area contributed by atoms with Crippen LogP contribution in [0.2, 0.25) is 0 Å². The van der Waals surface area contributed by atoms with Gasteiger partial charge in [-0.05, 0) is 77.0 Å². The van der Waals surface area contributed by atoms with Crippen molar-refractivity contribution < 1.29 is 61.9 Å². The first-order valence-electron chi connectivity index (χ1n) is 30.9. The number of hydrogen-bond acceptors (Lipinski definition) is 14. The van der Waals surface area contributed by atoms with Crippen molar-refractivity contribution in [2.45, 2.75) is 267 Å². The number of carbonyl (C=O) groups is 6. The molecule has 1 aliphatic heterocycles. The van der Waals surface area contributed by atoms with Gasteiger partial charge in [-0.2, -0.15) is 0 Å². The number of rotatable bonds is 49. The predicted octanol–water partition coefficient (Wildman–Crippen LogP) is 15.1. The van der Waals surface area contributed by atoms with Gasteiger partial charge in [0.15, 0.2) is 0 Å². The molecule has 1 fully saturated rings. The Bertz CT molecular complexity index is 1280. The number of unbranched alkanes of at least 4 members (excludes halogenated alkanes) is 20. The van der Waals surface area contributed by atoms with E-state index >= 15 is 0 Å². The number of carbonyl (C=O) groups excluding carboxylic acids is 6. The van der Waals surface area contributed by atoms with Crippen LogP contribution in [0.5, 0.6) is 0 Å². The Balaban J connectivity index is -0.000000510. The highest BCUT2D eigenvalue weighted by molar-refractivity contribution is 5.74. The van der Waals surface area contributed by atoms with Crippen LogP contribution in [-0.4, -0.2) is 122 Å². The smallest absolute Gasteiger partial charge is 0.306 e. The highest BCUT2D eigenvalue weighted by Crippen LogP contribution is 2.21. The SMILES string of the molecule is C/C=C(/CC(CC=O)CC(=O)OCCCCCCCC)OCCCCCCCC.CC.CCC(COC)COC.CCCCCCCCOC(=O)CC(CC=O)CC(=O)OCCCCCCCC.CN1CCC1COC=O. The third-order valence-electron chi connectivity index (χ3n) is 13.3. The average molecular weight is 1100 g/mol. The third kappa shape index (κ3) is 60.1. The van der Waals surface area contributed by atoms with E-state index in [1.807, 2.05) is 33.9 Å². The van der Waals surface area contributed by atoms with Gasteiger partial charge >= 0.3 is 17.9 Å². The van der Waals surface area contributed by atoms with Gasteiger partial charge in [0, 0.05) is 64.7 Å². The molecule has 0 saturated carbocycles. The second kappa shape index (κ2) is 66.9. The van der Waals surface area contributed by atoms with Crippen molar-refractivity contribution >= 4 is 37.0 Å². The number of likely N-dealkylation sites (tertiary alicyclic amines) is 1. The van der Waals surface area contributed by atoms with E-state index in [2.05, 4.69) is 44.3 Å². The van der Waals surface area contributed by atoms with E-state index in [0.29, 0.717) is 64.3 Å². The normalized spacial score (nSPS) is 13.2. The zero-order valence-corrected chi connectivity index (χ0v) is 51.7. The van der Waals surface area contributed by atoms with Crippen LogP contribution >= 0.6 is 0 Å². The molecule has 0 radical (unpaired) electrons. The van der Waals surface area contributed by atoms with Crippen LogP contribution in [0, 0.1) is 17.8 Å². The Kier molecular flexibility index (Phi) is 69.6. The fourth-order valence-electron chi connectivity index (χ4n) is 8.16. The van der Waals surface area contributed by atoms with Crippen molar-refractivity contribution in [3.05, 3.63) is 11.8 Å². The minimum Gasteiger partial charge on any atom is -0.498 e. The summed E-state index contributed by atoms with van der Waals surface area (Å²) in [6.07, 6.45) is 35.6. The molecule has 2 atom stereocenters. The van der Waals surface area contributed by atoms with Gasteiger partial charge in [0.25, 0.3) is 6.47 Å². The average Bonchev–Trinajstić information content (AvgIpc) is 3.42. The number of likely N-dealkylation sites (N-methyl/N-ethyl adjacent to an activating group) is 1. The molecule has 0 aromatic carbocycles. The standard InChI is InChI=1S/C25H46O4.C23H42O5.C7H16O2.C6H11NO2.C2H6/c1-4-7-9-11-13-15-19-28-24(6-3)21-23(17-18-26)22-25(27)29-20-16-14-12-10-8-5-2;1-3-5-7-9-11-13-17-27-22(25)19-21(15-16-24)20-23(26)28-18-14-12-10-8-6-4-2;1-4-7(5-8-2)6-9-3;1-7-3-2-6(7)4-9-5-8;1-2/h6,18,23H,4-5,7-17,19-22H2,1-3H3;16,21H,3-15,17-20H2,1-2H3;7H,4-6H2,1-3H3;5-6H,2-4H2,1H3;1-2H3/b24-6-;;;;. The monoisotopic (exact) mass is 1100 g/mol. The van der Waals surface area contributed by atoms with Crippen LogP contribution < -0.4 is 0 Å². The van der Waals surface area contributed by atoms with Crippen molar-refractivity contribution in [2.24, 2.45) is 17.8 Å². The molecular formula is C63H121NO13. The summed E-state index contributed by atoms with van der Waals surface area (Å²) in [4.78, 5) is 69.8. The highest BCUT2D eigenvalue weighted by Gasteiger charge is 2.24. The van der Waals surface area contributed by atoms with Gasteiger partial charge in [-0.15, -0.1) is 0 Å². The number of hydrogen-bond donors (Lipinski definition) is 0. The summed E-state index contributed by atoms with van der Waals surface area (Å²) >= 11 is 0. The quantitative estimate of drug-likeness (QED) is 0.0185.